The van der Waals surface area contributed by atoms with E-state index in [9.17, 15) is 4.79 Å². The van der Waals surface area contributed by atoms with Gasteiger partial charge in [0.25, 0.3) is 0 Å². The van der Waals surface area contributed by atoms with Crippen LogP contribution in [0.25, 0.3) is 16.6 Å². The lowest BCUT2D eigenvalue weighted by atomic mass is 10.1. The van der Waals surface area contributed by atoms with Gasteiger partial charge in [0.05, 0.1) is 23.6 Å². The molecule has 118 valence electrons. The molecule has 0 saturated carbocycles. The van der Waals surface area contributed by atoms with E-state index in [1.165, 1.54) is 0 Å². The zero-order valence-corrected chi connectivity index (χ0v) is 12.9. The number of fused-ring (bicyclic) bond motifs is 1. The summed E-state index contributed by atoms with van der Waals surface area (Å²) in [7, 11) is 1.91. The first-order chi connectivity index (χ1) is 11.2. The summed E-state index contributed by atoms with van der Waals surface area (Å²) in [5.41, 5.74) is 4.26. The monoisotopic (exact) mass is 310 g/mol. The van der Waals surface area contributed by atoms with Gasteiger partial charge >= 0.3 is 0 Å². The van der Waals surface area contributed by atoms with Gasteiger partial charge in [-0.3, -0.25) is 9.48 Å². The predicted molar refractivity (Wildman–Crippen MR) is 87.2 cm³/mol. The summed E-state index contributed by atoms with van der Waals surface area (Å²) in [5.74, 6) is 0.114. The number of aromatic nitrogens is 4. The van der Waals surface area contributed by atoms with Crippen LogP contribution in [0.5, 0.6) is 0 Å². The van der Waals surface area contributed by atoms with Gasteiger partial charge in [0.1, 0.15) is 0 Å². The number of aryl methyl sites for hydroxylation is 1. The average molecular weight is 310 g/mol. The Balaban J connectivity index is 1.68. The van der Waals surface area contributed by atoms with Gasteiger partial charge in [-0.05, 0) is 6.07 Å². The van der Waals surface area contributed by atoms with E-state index in [1.807, 2.05) is 36.4 Å². The summed E-state index contributed by atoms with van der Waals surface area (Å²) in [5, 5.41) is 11.6. The first kappa shape index (κ1) is 13.8. The Kier molecular flexibility index (Phi) is 3.25. The summed E-state index contributed by atoms with van der Waals surface area (Å²) in [6, 6.07) is 4.16. The molecule has 1 N–H and O–H groups in total. The molecule has 1 aliphatic heterocycles. The molecule has 7 heteroatoms. The topological polar surface area (TPSA) is 67.5 Å². The van der Waals surface area contributed by atoms with Crippen molar-refractivity contribution in [3.63, 3.8) is 0 Å². The van der Waals surface area contributed by atoms with E-state index in [0.717, 1.165) is 35.4 Å². The largest absolute Gasteiger partial charge is 0.366 e. The second-order valence-corrected chi connectivity index (χ2v) is 5.77. The Hall–Kier alpha value is -2.83. The van der Waals surface area contributed by atoms with E-state index in [1.54, 1.807) is 4.68 Å². The minimum atomic E-state index is 0.114. The minimum absolute atomic E-state index is 0.114. The lowest BCUT2D eigenvalue weighted by molar-refractivity contribution is -0.120. The van der Waals surface area contributed by atoms with Crippen LogP contribution in [0.15, 0.2) is 36.9 Å². The number of hydrogen-bond donors (Lipinski definition) is 1. The molecule has 1 aliphatic rings. The zero-order chi connectivity index (χ0) is 15.8. The molecule has 0 bridgehead atoms. The fraction of sp³-hybridized carbons (Fsp3) is 0.312. The van der Waals surface area contributed by atoms with Crippen LogP contribution >= 0.6 is 0 Å². The molecule has 23 heavy (non-hydrogen) atoms. The van der Waals surface area contributed by atoms with Crippen molar-refractivity contribution in [2.24, 2.45) is 7.05 Å². The van der Waals surface area contributed by atoms with Crippen LogP contribution < -0.4 is 10.2 Å². The van der Waals surface area contributed by atoms with Crippen LogP contribution in [-0.4, -0.2) is 44.9 Å². The zero-order valence-electron chi connectivity index (χ0n) is 12.9. The molecule has 1 amide bonds. The highest BCUT2D eigenvalue weighted by molar-refractivity contribution is 5.79. The molecular formula is C16H18N6O. The van der Waals surface area contributed by atoms with Crippen molar-refractivity contribution in [3.05, 3.63) is 36.9 Å². The highest BCUT2D eigenvalue weighted by Gasteiger charge is 2.17. The number of amides is 1. The van der Waals surface area contributed by atoms with Crippen molar-refractivity contribution < 1.29 is 4.79 Å². The Morgan fingerprint density at radius 2 is 2.00 bits per heavy atom. The second kappa shape index (κ2) is 5.42. The molecule has 7 nitrogen and oxygen atoms in total. The van der Waals surface area contributed by atoms with Crippen molar-refractivity contribution >= 4 is 17.1 Å². The van der Waals surface area contributed by atoms with Gasteiger partial charge in [-0.25, -0.2) is 4.52 Å². The molecule has 0 unspecified atom stereocenters. The molecule has 3 aromatic rings. The number of carbonyl (C=O) groups is 1. The summed E-state index contributed by atoms with van der Waals surface area (Å²) >= 11 is 0. The molecule has 0 radical (unpaired) electrons. The molecule has 4 rings (SSSR count). The van der Waals surface area contributed by atoms with Crippen LogP contribution in [0, 0.1) is 0 Å². The predicted octanol–water partition coefficient (Wildman–Crippen LogP) is 1.06. The van der Waals surface area contributed by atoms with Crippen molar-refractivity contribution in [3.8, 4) is 11.1 Å². The van der Waals surface area contributed by atoms with E-state index < -0.39 is 0 Å². The van der Waals surface area contributed by atoms with Gasteiger partial charge in [-0.2, -0.15) is 10.2 Å². The molecule has 3 aromatic heterocycles. The normalized spacial score (nSPS) is 15.7. The lowest BCUT2D eigenvalue weighted by Crippen LogP contribution is -2.28. The van der Waals surface area contributed by atoms with Crippen molar-refractivity contribution in [2.45, 2.75) is 6.42 Å². The fourth-order valence-electron chi connectivity index (χ4n) is 2.96. The maximum Gasteiger partial charge on any atom is 0.221 e. The van der Waals surface area contributed by atoms with Gasteiger partial charge in [0.2, 0.25) is 5.91 Å². The van der Waals surface area contributed by atoms with Crippen LogP contribution in [0.2, 0.25) is 0 Å². The van der Waals surface area contributed by atoms with Crippen molar-refractivity contribution in [1.82, 2.24) is 24.7 Å². The average Bonchev–Trinajstić information content (AvgIpc) is 3.10. The van der Waals surface area contributed by atoms with Crippen molar-refractivity contribution in [1.29, 1.82) is 0 Å². The van der Waals surface area contributed by atoms with Gasteiger partial charge in [-0.1, -0.05) is 6.07 Å². The van der Waals surface area contributed by atoms with E-state index in [0.29, 0.717) is 13.0 Å². The lowest BCUT2D eigenvalue weighted by Gasteiger charge is -2.20. The summed E-state index contributed by atoms with van der Waals surface area (Å²) in [4.78, 5) is 13.7. The highest BCUT2D eigenvalue weighted by Crippen LogP contribution is 2.25. The van der Waals surface area contributed by atoms with Crippen LogP contribution in [0.3, 0.4) is 0 Å². The van der Waals surface area contributed by atoms with Crippen molar-refractivity contribution in [2.75, 3.05) is 24.5 Å². The number of anilines is 1. The molecule has 4 heterocycles. The van der Waals surface area contributed by atoms with Crippen LogP contribution in [0.4, 0.5) is 5.69 Å². The Morgan fingerprint density at radius 3 is 2.83 bits per heavy atom. The smallest absolute Gasteiger partial charge is 0.221 e. The van der Waals surface area contributed by atoms with E-state index >= 15 is 0 Å². The van der Waals surface area contributed by atoms with Gasteiger partial charge in [0.15, 0.2) is 0 Å². The number of nitrogens with zero attached hydrogens (tertiary/aromatic N) is 5. The third-order valence-corrected chi connectivity index (χ3v) is 4.19. The maximum absolute atomic E-state index is 11.5. The summed E-state index contributed by atoms with van der Waals surface area (Å²) in [6.45, 7) is 2.19. The number of carbonyl (C=O) groups excluding carboxylic acids is 1. The van der Waals surface area contributed by atoms with Crippen LogP contribution in [0.1, 0.15) is 6.42 Å². The van der Waals surface area contributed by atoms with Gasteiger partial charge in [-0.15, -0.1) is 0 Å². The molecule has 0 aliphatic carbocycles. The third kappa shape index (κ3) is 2.54. The van der Waals surface area contributed by atoms with Crippen LogP contribution in [-0.2, 0) is 11.8 Å². The number of rotatable bonds is 2. The minimum Gasteiger partial charge on any atom is -0.366 e. The van der Waals surface area contributed by atoms with Gasteiger partial charge < -0.3 is 10.2 Å². The molecule has 0 aromatic carbocycles. The number of pyridine rings is 1. The Labute approximate surface area is 133 Å². The number of hydrogen-bond acceptors (Lipinski definition) is 4. The molecule has 0 spiro atoms. The second-order valence-electron chi connectivity index (χ2n) is 5.77. The molecule has 1 fully saturated rings. The SMILES string of the molecule is Cn1cc(-c2ccc3c(N4CCNC(=O)CC4)cnn3c2)cn1. The van der Waals surface area contributed by atoms with E-state index in [-0.39, 0.29) is 5.91 Å². The summed E-state index contributed by atoms with van der Waals surface area (Å²) < 4.78 is 3.67. The molecular weight excluding hydrogens is 292 g/mol. The highest BCUT2D eigenvalue weighted by atomic mass is 16.1. The fourth-order valence-corrected chi connectivity index (χ4v) is 2.96. The molecule has 0 atom stereocenters. The first-order valence-corrected chi connectivity index (χ1v) is 7.69. The maximum atomic E-state index is 11.5. The van der Waals surface area contributed by atoms with E-state index in [2.05, 4.69) is 32.5 Å². The summed E-state index contributed by atoms with van der Waals surface area (Å²) in [6.07, 6.45) is 8.23. The first-order valence-electron chi connectivity index (χ1n) is 7.69. The van der Waals surface area contributed by atoms with Gasteiger partial charge in [0, 0.05) is 56.6 Å². The quantitative estimate of drug-likeness (QED) is 0.768. The van der Waals surface area contributed by atoms with E-state index in [4.69, 9.17) is 0 Å². The Bertz CT molecular complexity index is 864. The molecule has 1 saturated heterocycles. The standard InChI is InChI=1S/C16H18N6O/c1-20-10-13(8-18-20)12-2-3-14-15(9-19-22(14)11-12)21-6-4-16(23)17-5-7-21/h2-3,8-11H,4-7H2,1H3,(H,17,23). The Morgan fingerprint density at radius 1 is 1.09 bits per heavy atom. The number of nitrogens with one attached hydrogen (secondary N) is 1. The third-order valence-electron chi connectivity index (χ3n) is 4.19.